The Kier molecular flexibility index (Phi) is 4.33. The number of nitrogens with one attached hydrogen (secondary N) is 1. The SMILES string of the molecule is Cn1ccnc1CCNc1cc(Br)c(F)cc1[N+](=O)[O-]. The van der Waals surface area contributed by atoms with E-state index in [2.05, 4.69) is 26.2 Å². The maximum absolute atomic E-state index is 13.3. The van der Waals surface area contributed by atoms with Crippen molar-refractivity contribution in [2.45, 2.75) is 6.42 Å². The number of anilines is 1. The number of nitro benzene ring substituents is 1. The molecule has 1 aromatic carbocycles. The number of nitrogens with zero attached hydrogens (tertiary/aromatic N) is 3. The molecule has 8 heteroatoms. The van der Waals surface area contributed by atoms with E-state index in [1.165, 1.54) is 6.07 Å². The second-order valence-electron chi connectivity index (χ2n) is 4.17. The first-order valence-corrected chi connectivity index (χ1v) is 6.62. The molecule has 2 rings (SSSR count). The highest BCUT2D eigenvalue weighted by Gasteiger charge is 2.17. The molecule has 0 saturated carbocycles. The van der Waals surface area contributed by atoms with E-state index in [4.69, 9.17) is 0 Å². The standard InChI is InChI=1S/C12H12BrFN4O2/c1-17-5-4-16-12(17)2-3-15-10-6-8(13)9(14)7-11(10)18(19)20/h4-7,15H,2-3H2,1H3. The van der Waals surface area contributed by atoms with Gasteiger partial charge in [0.05, 0.1) is 15.5 Å². The quantitative estimate of drug-likeness (QED) is 0.669. The summed E-state index contributed by atoms with van der Waals surface area (Å²) >= 11 is 3.02. The summed E-state index contributed by atoms with van der Waals surface area (Å²) in [6, 6.07) is 2.26. The molecule has 0 amide bonds. The van der Waals surface area contributed by atoms with Crippen LogP contribution in [0.25, 0.3) is 0 Å². The Morgan fingerprint density at radius 1 is 1.55 bits per heavy atom. The normalized spacial score (nSPS) is 10.6. The zero-order chi connectivity index (χ0) is 14.7. The third-order valence-electron chi connectivity index (χ3n) is 2.82. The molecular weight excluding hydrogens is 331 g/mol. The number of aromatic nitrogens is 2. The van der Waals surface area contributed by atoms with Crippen molar-refractivity contribution in [1.82, 2.24) is 9.55 Å². The Bertz CT molecular complexity index is 644. The van der Waals surface area contributed by atoms with Gasteiger partial charge in [0, 0.05) is 32.4 Å². The molecule has 2 aromatic rings. The molecule has 0 aliphatic heterocycles. The molecule has 0 radical (unpaired) electrons. The van der Waals surface area contributed by atoms with Crippen molar-refractivity contribution in [3.63, 3.8) is 0 Å². The topological polar surface area (TPSA) is 73.0 Å². The monoisotopic (exact) mass is 342 g/mol. The Morgan fingerprint density at radius 3 is 2.90 bits per heavy atom. The van der Waals surface area contributed by atoms with Crippen LogP contribution in [-0.4, -0.2) is 21.0 Å². The van der Waals surface area contributed by atoms with Crippen LogP contribution < -0.4 is 5.32 Å². The highest BCUT2D eigenvalue weighted by molar-refractivity contribution is 9.10. The van der Waals surface area contributed by atoms with Crippen molar-refractivity contribution in [1.29, 1.82) is 0 Å². The van der Waals surface area contributed by atoms with E-state index < -0.39 is 10.7 Å². The number of nitro groups is 1. The number of halogens is 2. The van der Waals surface area contributed by atoms with Crippen LogP contribution in [0.2, 0.25) is 0 Å². The third kappa shape index (κ3) is 3.13. The van der Waals surface area contributed by atoms with E-state index in [1.807, 2.05) is 17.8 Å². The maximum Gasteiger partial charge on any atom is 0.295 e. The van der Waals surface area contributed by atoms with E-state index in [0.717, 1.165) is 11.9 Å². The molecular formula is C12H12BrFN4O2. The fraction of sp³-hybridized carbons (Fsp3) is 0.250. The molecule has 0 saturated heterocycles. The van der Waals surface area contributed by atoms with Crippen molar-refractivity contribution in [2.75, 3.05) is 11.9 Å². The fourth-order valence-electron chi connectivity index (χ4n) is 1.78. The van der Waals surface area contributed by atoms with Crippen LogP contribution in [0.1, 0.15) is 5.82 Å². The van der Waals surface area contributed by atoms with Gasteiger partial charge in [0.1, 0.15) is 17.3 Å². The van der Waals surface area contributed by atoms with Crippen LogP contribution in [-0.2, 0) is 13.5 Å². The number of aryl methyl sites for hydroxylation is 1. The van der Waals surface area contributed by atoms with E-state index in [0.29, 0.717) is 13.0 Å². The van der Waals surface area contributed by atoms with Crippen LogP contribution in [0, 0.1) is 15.9 Å². The van der Waals surface area contributed by atoms with Crippen LogP contribution in [0.4, 0.5) is 15.8 Å². The van der Waals surface area contributed by atoms with Gasteiger partial charge in [0.25, 0.3) is 5.69 Å². The van der Waals surface area contributed by atoms with E-state index in [1.54, 1.807) is 6.20 Å². The Morgan fingerprint density at radius 2 is 2.30 bits per heavy atom. The second kappa shape index (κ2) is 6.00. The average Bonchev–Trinajstić information content (AvgIpc) is 2.79. The van der Waals surface area contributed by atoms with Crippen molar-refractivity contribution in [2.24, 2.45) is 7.05 Å². The third-order valence-corrected chi connectivity index (χ3v) is 3.43. The number of hydrogen-bond acceptors (Lipinski definition) is 4. The average molecular weight is 343 g/mol. The van der Waals surface area contributed by atoms with Crippen LogP contribution in [0.3, 0.4) is 0 Å². The minimum absolute atomic E-state index is 0.183. The number of rotatable bonds is 5. The highest BCUT2D eigenvalue weighted by Crippen LogP contribution is 2.30. The first-order chi connectivity index (χ1) is 9.49. The minimum atomic E-state index is -0.661. The maximum atomic E-state index is 13.3. The molecule has 6 nitrogen and oxygen atoms in total. The van der Waals surface area contributed by atoms with E-state index in [-0.39, 0.29) is 15.8 Å². The fourth-order valence-corrected chi connectivity index (χ4v) is 2.12. The van der Waals surface area contributed by atoms with Crippen molar-refractivity contribution in [3.8, 4) is 0 Å². The highest BCUT2D eigenvalue weighted by atomic mass is 79.9. The Hall–Kier alpha value is -1.96. The first-order valence-electron chi connectivity index (χ1n) is 5.82. The summed E-state index contributed by atoms with van der Waals surface area (Å²) < 4.78 is 15.4. The summed E-state index contributed by atoms with van der Waals surface area (Å²) in [5.41, 5.74) is -0.0111. The zero-order valence-corrected chi connectivity index (χ0v) is 12.2. The molecule has 0 atom stereocenters. The molecule has 1 heterocycles. The Labute approximate surface area is 122 Å². The summed E-state index contributed by atoms with van der Waals surface area (Å²) in [6.07, 6.45) is 4.12. The van der Waals surface area contributed by atoms with Gasteiger partial charge in [-0.1, -0.05) is 0 Å². The molecule has 20 heavy (non-hydrogen) atoms. The summed E-state index contributed by atoms with van der Waals surface area (Å²) in [7, 11) is 1.87. The van der Waals surface area contributed by atoms with Gasteiger partial charge in [-0.2, -0.15) is 0 Å². The zero-order valence-electron chi connectivity index (χ0n) is 10.6. The van der Waals surface area contributed by atoms with E-state index >= 15 is 0 Å². The summed E-state index contributed by atoms with van der Waals surface area (Å²) in [5, 5.41) is 13.8. The van der Waals surface area contributed by atoms with Crippen LogP contribution >= 0.6 is 15.9 Å². The van der Waals surface area contributed by atoms with E-state index in [9.17, 15) is 14.5 Å². The lowest BCUT2D eigenvalue weighted by atomic mass is 10.2. The number of imidazole rings is 1. The first kappa shape index (κ1) is 14.4. The molecule has 0 aliphatic carbocycles. The van der Waals surface area contributed by atoms with Crippen molar-refractivity contribution >= 4 is 27.3 Å². The lowest BCUT2D eigenvalue weighted by Gasteiger charge is -2.08. The molecule has 1 N–H and O–H groups in total. The summed E-state index contributed by atoms with van der Waals surface area (Å²) in [5.74, 6) is 0.202. The molecule has 0 unspecified atom stereocenters. The van der Waals surface area contributed by atoms with Crippen LogP contribution in [0.15, 0.2) is 29.0 Å². The number of benzene rings is 1. The predicted molar refractivity (Wildman–Crippen MR) is 76.2 cm³/mol. The molecule has 0 aliphatic rings. The van der Waals surface area contributed by atoms with Gasteiger partial charge >= 0.3 is 0 Å². The summed E-state index contributed by atoms with van der Waals surface area (Å²) in [6.45, 7) is 0.462. The molecule has 106 valence electrons. The number of hydrogen-bond donors (Lipinski definition) is 1. The lowest BCUT2D eigenvalue weighted by Crippen LogP contribution is -2.10. The summed E-state index contributed by atoms with van der Waals surface area (Å²) in [4.78, 5) is 14.4. The van der Waals surface area contributed by atoms with Gasteiger partial charge in [-0.05, 0) is 22.0 Å². The van der Waals surface area contributed by atoms with Crippen molar-refractivity contribution in [3.05, 3.63) is 50.8 Å². The molecule has 1 aromatic heterocycles. The second-order valence-corrected chi connectivity index (χ2v) is 5.03. The molecule has 0 fully saturated rings. The van der Waals surface area contributed by atoms with Gasteiger partial charge < -0.3 is 9.88 Å². The van der Waals surface area contributed by atoms with Crippen molar-refractivity contribution < 1.29 is 9.31 Å². The van der Waals surface area contributed by atoms with Gasteiger partial charge in [-0.3, -0.25) is 10.1 Å². The van der Waals surface area contributed by atoms with Gasteiger partial charge in [0.15, 0.2) is 0 Å². The minimum Gasteiger partial charge on any atom is -0.379 e. The largest absolute Gasteiger partial charge is 0.379 e. The van der Waals surface area contributed by atoms with Gasteiger partial charge in [0.2, 0.25) is 0 Å². The molecule has 0 spiro atoms. The van der Waals surface area contributed by atoms with Crippen LogP contribution in [0.5, 0.6) is 0 Å². The predicted octanol–water partition coefficient (Wildman–Crippen LogP) is 2.88. The smallest absolute Gasteiger partial charge is 0.295 e. The lowest BCUT2D eigenvalue weighted by molar-refractivity contribution is -0.384. The van der Waals surface area contributed by atoms with Gasteiger partial charge in [-0.25, -0.2) is 9.37 Å². The Balaban J connectivity index is 2.11. The van der Waals surface area contributed by atoms with Gasteiger partial charge in [-0.15, -0.1) is 0 Å². The molecule has 0 bridgehead atoms.